The molecule has 0 saturated carbocycles. The average molecular weight is 427 g/mol. The number of halogens is 1. The van der Waals surface area contributed by atoms with Gasteiger partial charge in [0.2, 0.25) is 5.95 Å². The standard InChI is InChI=1S/C21H22N6O2.ClH/c28-19(25-29)17-9-23-20(24-10-17)27-7-5-21(14-27)12-26(13-21)11-15-3-4-18-16(8-15)2-1-6-22-18;/h1-4,6,8-10,29H,5,7,11-14H2,(H,25,28);1H. The first kappa shape index (κ1) is 20.5. The molecular formula is C21H23ClN6O2. The van der Waals surface area contributed by atoms with Crippen LogP contribution in [0.5, 0.6) is 0 Å². The molecule has 2 saturated heterocycles. The summed E-state index contributed by atoms with van der Waals surface area (Å²) in [7, 11) is 0. The largest absolute Gasteiger partial charge is 0.340 e. The number of amides is 1. The molecule has 2 aliphatic heterocycles. The highest BCUT2D eigenvalue weighted by atomic mass is 35.5. The first-order valence-electron chi connectivity index (χ1n) is 9.72. The van der Waals surface area contributed by atoms with E-state index in [9.17, 15) is 4.79 Å². The van der Waals surface area contributed by atoms with E-state index in [-0.39, 0.29) is 18.0 Å². The average Bonchev–Trinajstić information content (AvgIpc) is 3.18. The fraction of sp³-hybridized carbons (Fsp3) is 0.333. The van der Waals surface area contributed by atoms with Gasteiger partial charge in [-0.25, -0.2) is 15.4 Å². The number of benzene rings is 1. The molecule has 4 heterocycles. The van der Waals surface area contributed by atoms with Crippen molar-refractivity contribution in [3.8, 4) is 0 Å². The van der Waals surface area contributed by atoms with E-state index in [4.69, 9.17) is 5.21 Å². The lowest BCUT2D eigenvalue weighted by Gasteiger charge is -2.48. The van der Waals surface area contributed by atoms with Gasteiger partial charge < -0.3 is 4.90 Å². The molecule has 1 aromatic carbocycles. The van der Waals surface area contributed by atoms with Crippen LogP contribution in [0.25, 0.3) is 10.9 Å². The Labute approximate surface area is 180 Å². The van der Waals surface area contributed by atoms with Crippen molar-refractivity contribution in [2.24, 2.45) is 5.41 Å². The SMILES string of the molecule is Cl.O=C(NO)c1cnc(N2CCC3(CN(Cc4ccc5ncccc5c4)C3)C2)nc1. The second kappa shape index (κ2) is 8.14. The minimum absolute atomic E-state index is 0. The van der Waals surface area contributed by atoms with Crippen molar-refractivity contribution in [3.63, 3.8) is 0 Å². The van der Waals surface area contributed by atoms with Gasteiger partial charge in [-0.2, -0.15) is 0 Å². The van der Waals surface area contributed by atoms with Gasteiger partial charge in [-0.1, -0.05) is 12.1 Å². The molecule has 156 valence electrons. The summed E-state index contributed by atoms with van der Waals surface area (Å²) in [6.07, 6.45) is 5.83. The number of pyridine rings is 1. The summed E-state index contributed by atoms with van der Waals surface area (Å²) < 4.78 is 0. The third-order valence-corrected chi connectivity index (χ3v) is 5.91. The third-order valence-electron chi connectivity index (χ3n) is 5.91. The Balaban J connectivity index is 0.00000218. The van der Waals surface area contributed by atoms with E-state index >= 15 is 0 Å². The van der Waals surface area contributed by atoms with Crippen LogP contribution in [0.4, 0.5) is 5.95 Å². The summed E-state index contributed by atoms with van der Waals surface area (Å²) in [4.78, 5) is 29.0. The molecule has 3 aromatic rings. The van der Waals surface area contributed by atoms with Crippen LogP contribution in [0, 0.1) is 5.41 Å². The second-order valence-electron chi connectivity index (χ2n) is 8.06. The molecule has 2 N–H and O–H groups in total. The van der Waals surface area contributed by atoms with E-state index in [1.807, 2.05) is 12.3 Å². The second-order valence-corrected chi connectivity index (χ2v) is 8.06. The van der Waals surface area contributed by atoms with Crippen molar-refractivity contribution in [2.75, 3.05) is 31.1 Å². The Hall–Kier alpha value is -2.81. The number of hydrogen-bond acceptors (Lipinski definition) is 7. The van der Waals surface area contributed by atoms with E-state index in [1.165, 1.54) is 23.3 Å². The molecular weight excluding hydrogens is 404 g/mol. The van der Waals surface area contributed by atoms with Crippen LogP contribution in [0.3, 0.4) is 0 Å². The normalized spacial score (nSPS) is 17.6. The maximum absolute atomic E-state index is 11.4. The number of hydrogen-bond donors (Lipinski definition) is 2. The van der Waals surface area contributed by atoms with Crippen LogP contribution in [-0.4, -0.2) is 57.1 Å². The maximum Gasteiger partial charge on any atom is 0.277 e. The first-order chi connectivity index (χ1) is 14.1. The number of rotatable bonds is 4. The zero-order valence-electron chi connectivity index (χ0n) is 16.4. The number of carbonyl (C=O) groups is 1. The molecule has 1 amide bonds. The molecule has 30 heavy (non-hydrogen) atoms. The van der Waals surface area contributed by atoms with Crippen molar-refractivity contribution in [2.45, 2.75) is 13.0 Å². The fourth-order valence-electron chi connectivity index (χ4n) is 4.53. The summed E-state index contributed by atoms with van der Waals surface area (Å²) in [6.45, 7) is 4.94. The highest BCUT2D eigenvalue weighted by Gasteiger charge is 2.47. The predicted molar refractivity (Wildman–Crippen MR) is 115 cm³/mol. The summed E-state index contributed by atoms with van der Waals surface area (Å²) in [6, 6.07) is 10.6. The van der Waals surface area contributed by atoms with E-state index in [1.54, 1.807) is 5.48 Å². The van der Waals surface area contributed by atoms with Gasteiger partial charge in [0.15, 0.2) is 0 Å². The Kier molecular flexibility index (Phi) is 5.55. The highest BCUT2D eigenvalue weighted by molar-refractivity contribution is 5.92. The van der Waals surface area contributed by atoms with Gasteiger partial charge in [-0.15, -0.1) is 12.4 Å². The molecule has 0 unspecified atom stereocenters. The monoisotopic (exact) mass is 426 g/mol. The number of hydroxylamine groups is 1. The minimum Gasteiger partial charge on any atom is -0.340 e. The smallest absolute Gasteiger partial charge is 0.277 e. The van der Waals surface area contributed by atoms with Crippen molar-refractivity contribution in [1.82, 2.24) is 25.3 Å². The molecule has 9 heteroatoms. The van der Waals surface area contributed by atoms with Crippen molar-refractivity contribution in [1.29, 1.82) is 0 Å². The van der Waals surface area contributed by atoms with Gasteiger partial charge in [-0.05, 0) is 30.2 Å². The van der Waals surface area contributed by atoms with Gasteiger partial charge in [0.1, 0.15) is 0 Å². The zero-order chi connectivity index (χ0) is 19.8. The van der Waals surface area contributed by atoms with E-state index in [0.717, 1.165) is 44.7 Å². The molecule has 0 aliphatic carbocycles. The number of anilines is 1. The van der Waals surface area contributed by atoms with Gasteiger partial charge in [0.25, 0.3) is 5.91 Å². The lowest BCUT2D eigenvalue weighted by molar-refractivity contribution is 0.0117. The lowest BCUT2D eigenvalue weighted by atomic mass is 9.79. The molecule has 0 bridgehead atoms. The molecule has 1 spiro atoms. The molecule has 5 rings (SSSR count). The topological polar surface area (TPSA) is 94.5 Å². The highest BCUT2D eigenvalue weighted by Crippen LogP contribution is 2.41. The van der Waals surface area contributed by atoms with Crippen LogP contribution in [0.15, 0.2) is 48.9 Å². The van der Waals surface area contributed by atoms with Gasteiger partial charge in [-0.3, -0.25) is 19.9 Å². The van der Waals surface area contributed by atoms with Crippen LogP contribution >= 0.6 is 12.4 Å². The lowest BCUT2D eigenvalue weighted by Crippen LogP contribution is -2.56. The van der Waals surface area contributed by atoms with Gasteiger partial charge in [0.05, 0.1) is 11.1 Å². The van der Waals surface area contributed by atoms with E-state index in [0.29, 0.717) is 11.4 Å². The molecule has 0 radical (unpaired) electrons. The zero-order valence-corrected chi connectivity index (χ0v) is 17.2. The number of aromatic nitrogens is 3. The minimum atomic E-state index is -0.603. The van der Waals surface area contributed by atoms with Gasteiger partial charge in [0, 0.05) is 62.1 Å². The Morgan fingerprint density at radius 1 is 1.13 bits per heavy atom. The number of likely N-dealkylation sites (tertiary alicyclic amines) is 1. The summed E-state index contributed by atoms with van der Waals surface area (Å²) >= 11 is 0. The quantitative estimate of drug-likeness (QED) is 0.488. The van der Waals surface area contributed by atoms with Crippen LogP contribution in [0.2, 0.25) is 0 Å². The third kappa shape index (κ3) is 3.81. The number of carbonyl (C=O) groups excluding carboxylic acids is 1. The number of fused-ring (bicyclic) bond motifs is 1. The van der Waals surface area contributed by atoms with Crippen molar-refractivity contribution < 1.29 is 10.0 Å². The predicted octanol–water partition coefficient (Wildman–Crippen LogP) is 2.28. The summed E-state index contributed by atoms with van der Waals surface area (Å²) in [5.74, 6) is 0.0328. The maximum atomic E-state index is 11.4. The number of nitrogens with zero attached hydrogens (tertiary/aromatic N) is 5. The Morgan fingerprint density at radius 2 is 1.93 bits per heavy atom. The molecule has 2 fully saturated rings. The van der Waals surface area contributed by atoms with Gasteiger partial charge >= 0.3 is 0 Å². The fourth-order valence-corrected chi connectivity index (χ4v) is 4.53. The van der Waals surface area contributed by atoms with Crippen LogP contribution < -0.4 is 10.4 Å². The number of nitrogens with one attached hydrogen (secondary N) is 1. The van der Waals surface area contributed by atoms with E-state index < -0.39 is 5.91 Å². The van der Waals surface area contributed by atoms with Crippen LogP contribution in [0.1, 0.15) is 22.3 Å². The van der Waals surface area contributed by atoms with Crippen molar-refractivity contribution >= 4 is 35.2 Å². The summed E-state index contributed by atoms with van der Waals surface area (Å²) in [5, 5.41) is 9.87. The Morgan fingerprint density at radius 3 is 2.70 bits per heavy atom. The van der Waals surface area contributed by atoms with E-state index in [2.05, 4.69) is 49.0 Å². The first-order valence-corrected chi connectivity index (χ1v) is 9.72. The summed E-state index contributed by atoms with van der Waals surface area (Å²) in [5.41, 5.74) is 4.48. The molecule has 0 atom stereocenters. The van der Waals surface area contributed by atoms with Crippen LogP contribution in [-0.2, 0) is 6.54 Å². The Bertz CT molecular complexity index is 1050. The molecule has 2 aromatic heterocycles. The molecule has 8 nitrogen and oxygen atoms in total. The van der Waals surface area contributed by atoms with Crippen molar-refractivity contribution in [3.05, 3.63) is 60.0 Å². The molecule has 2 aliphatic rings.